The highest BCUT2D eigenvalue weighted by molar-refractivity contribution is 5.98. The minimum absolute atomic E-state index is 0.245. The fraction of sp³-hybridized carbons (Fsp3) is 0.263. The highest BCUT2D eigenvalue weighted by Crippen LogP contribution is 2.24. The van der Waals surface area contributed by atoms with Crippen LogP contribution in [-0.4, -0.2) is 35.0 Å². The number of amides is 1. The molecule has 0 fully saturated rings. The van der Waals surface area contributed by atoms with Crippen LogP contribution in [0.5, 0.6) is 5.75 Å². The molecule has 1 amide bonds. The Kier molecular flexibility index (Phi) is 5.00. The lowest BCUT2D eigenvalue weighted by molar-refractivity contribution is -0.137. The number of carboxylic acids is 1. The molecular formula is C19H20N2O4. The zero-order chi connectivity index (χ0) is 17.8. The highest BCUT2D eigenvalue weighted by Gasteiger charge is 2.25. The summed E-state index contributed by atoms with van der Waals surface area (Å²) in [6.45, 7) is 1.04. The first-order valence-electron chi connectivity index (χ1n) is 8.11. The third-order valence-corrected chi connectivity index (χ3v) is 4.20. The van der Waals surface area contributed by atoms with Gasteiger partial charge in [0.1, 0.15) is 18.9 Å². The Bertz CT molecular complexity index is 804. The molecule has 25 heavy (non-hydrogen) atoms. The summed E-state index contributed by atoms with van der Waals surface area (Å²) in [6.07, 6.45) is 0.619. The van der Waals surface area contributed by atoms with Crippen molar-refractivity contribution in [3.05, 3.63) is 64.7 Å². The average molecular weight is 340 g/mol. The van der Waals surface area contributed by atoms with E-state index in [9.17, 15) is 9.59 Å². The summed E-state index contributed by atoms with van der Waals surface area (Å²) in [5, 5.41) is 8.87. The van der Waals surface area contributed by atoms with Crippen LogP contribution in [0.4, 0.5) is 0 Å². The Morgan fingerprint density at radius 1 is 1.20 bits per heavy atom. The van der Waals surface area contributed by atoms with Crippen LogP contribution in [0.15, 0.2) is 42.5 Å². The van der Waals surface area contributed by atoms with Crippen molar-refractivity contribution in [1.29, 1.82) is 0 Å². The second-order valence-corrected chi connectivity index (χ2v) is 6.00. The lowest BCUT2D eigenvalue weighted by atomic mass is 9.98. The molecule has 3 rings (SSSR count). The van der Waals surface area contributed by atoms with E-state index in [4.69, 9.17) is 15.6 Å². The lowest BCUT2D eigenvalue weighted by Crippen LogP contribution is -2.40. The maximum atomic E-state index is 12.3. The largest absolute Gasteiger partial charge is 0.489 e. The number of aliphatic carboxylic acids is 1. The lowest BCUT2D eigenvalue weighted by Gasteiger charge is -2.27. The maximum absolute atomic E-state index is 12.3. The van der Waals surface area contributed by atoms with Crippen molar-refractivity contribution < 1.29 is 19.4 Å². The fourth-order valence-corrected chi connectivity index (χ4v) is 2.93. The SMILES string of the molecule is NCc1cccc(COc2ccc3c(c2)CCN(CC(=O)O)C3=O)c1. The van der Waals surface area contributed by atoms with Crippen LogP contribution in [-0.2, 0) is 24.4 Å². The van der Waals surface area contributed by atoms with Crippen molar-refractivity contribution in [3.63, 3.8) is 0 Å². The number of benzene rings is 2. The van der Waals surface area contributed by atoms with Gasteiger partial charge in [-0.2, -0.15) is 0 Å². The van der Waals surface area contributed by atoms with Crippen LogP contribution in [0, 0.1) is 0 Å². The molecule has 0 spiro atoms. The van der Waals surface area contributed by atoms with Crippen molar-refractivity contribution in [3.8, 4) is 5.75 Å². The molecular weight excluding hydrogens is 320 g/mol. The molecule has 130 valence electrons. The molecule has 6 heteroatoms. The van der Waals surface area contributed by atoms with Gasteiger partial charge in [0, 0.05) is 18.7 Å². The fourth-order valence-electron chi connectivity index (χ4n) is 2.93. The smallest absolute Gasteiger partial charge is 0.323 e. The van der Waals surface area contributed by atoms with Gasteiger partial charge in [-0.25, -0.2) is 0 Å². The van der Waals surface area contributed by atoms with Gasteiger partial charge in [-0.3, -0.25) is 9.59 Å². The predicted octanol–water partition coefficient (Wildman–Crippen LogP) is 1.81. The van der Waals surface area contributed by atoms with E-state index in [2.05, 4.69) is 0 Å². The summed E-state index contributed by atoms with van der Waals surface area (Å²) in [5.74, 6) is -0.557. The summed E-state index contributed by atoms with van der Waals surface area (Å²) in [5.41, 5.74) is 9.16. The van der Waals surface area contributed by atoms with Gasteiger partial charge in [0.05, 0.1) is 0 Å². The molecule has 0 saturated heterocycles. The Morgan fingerprint density at radius 2 is 2.00 bits per heavy atom. The summed E-state index contributed by atoms with van der Waals surface area (Å²) >= 11 is 0. The number of rotatable bonds is 6. The third kappa shape index (κ3) is 3.97. The second-order valence-electron chi connectivity index (χ2n) is 6.00. The van der Waals surface area contributed by atoms with Gasteiger partial charge in [0.2, 0.25) is 0 Å². The van der Waals surface area contributed by atoms with Crippen molar-refractivity contribution >= 4 is 11.9 Å². The zero-order valence-electron chi connectivity index (χ0n) is 13.8. The number of hydrogen-bond donors (Lipinski definition) is 2. The molecule has 0 aliphatic carbocycles. The summed E-state index contributed by atoms with van der Waals surface area (Å²) < 4.78 is 5.82. The Balaban J connectivity index is 1.69. The van der Waals surface area contributed by atoms with Crippen molar-refractivity contribution in [1.82, 2.24) is 4.90 Å². The van der Waals surface area contributed by atoms with E-state index in [0.29, 0.717) is 37.4 Å². The van der Waals surface area contributed by atoms with Crippen LogP contribution in [0.1, 0.15) is 27.0 Å². The molecule has 0 unspecified atom stereocenters. The minimum Gasteiger partial charge on any atom is -0.489 e. The molecule has 0 aromatic heterocycles. The Labute approximate surface area is 145 Å². The van der Waals surface area contributed by atoms with E-state index in [1.807, 2.05) is 30.3 Å². The first-order valence-corrected chi connectivity index (χ1v) is 8.11. The third-order valence-electron chi connectivity index (χ3n) is 4.20. The van der Waals surface area contributed by atoms with Gasteiger partial charge < -0.3 is 20.5 Å². The van der Waals surface area contributed by atoms with E-state index in [-0.39, 0.29) is 12.5 Å². The van der Waals surface area contributed by atoms with E-state index in [1.54, 1.807) is 12.1 Å². The van der Waals surface area contributed by atoms with Gasteiger partial charge in [-0.05, 0) is 41.3 Å². The van der Waals surface area contributed by atoms with E-state index in [0.717, 1.165) is 16.7 Å². The highest BCUT2D eigenvalue weighted by atomic mass is 16.5. The molecule has 1 aliphatic heterocycles. The minimum atomic E-state index is -1.00. The first kappa shape index (κ1) is 17.0. The average Bonchev–Trinajstić information content (AvgIpc) is 2.62. The quantitative estimate of drug-likeness (QED) is 0.836. The van der Waals surface area contributed by atoms with Gasteiger partial charge in [-0.1, -0.05) is 24.3 Å². The standard InChI is InChI=1S/C19H20N2O4/c20-10-13-2-1-3-14(8-13)12-25-16-4-5-17-15(9-16)6-7-21(19(17)24)11-18(22)23/h1-5,8-9H,6-7,10-12,20H2,(H,22,23). The monoisotopic (exact) mass is 340 g/mol. The molecule has 1 aliphatic rings. The summed E-state index contributed by atoms with van der Waals surface area (Å²) in [7, 11) is 0. The van der Waals surface area contributed by atoms with Crippen LogP contribution >= 0.6 is 0 Å². The van der Waals surface area contributed by atoms with Crippen molar-refractivity contribution in [2.75, 3.05) is 13.1 Å². The Hall–Kier alpha value is -2.86. The van der Waals surface area contributed by atoms with E-state index < -0.39 is 5.97 Å². The topological polar surface area (TPSA) is 92.9 Å². The number of hydrogen-bond acceptors (Lipinski definition) is 4. The summed E-state index contributed by atoms with van der Waals surface area (Å²) in [4.78, 5) is 24.5. The van der Waals surface area contributed by atoms with Gasteiger partial charge in [0.25, 0.3) is 5.91 Å². The van der Waals surface area contributed by atoms with Crippen LogP contribution < -0.4 is 10.5 Å². The van der Waals surface area contributed by atoms with Crippen molar-refractivity contribution in [2.24, 2.45) is 5.73 Å². The molecule has 0 radical (unpaired) electrons. The normalized spacial score (nSPS) is 13.5. The molecule has 2 aromatic rings. The van der Waals surface area contributed by atoms with Gasteiger partial charge >= 0.3 is 5.97 Å². The number of fused-ring (bicyclic) bond motifs is 1. The van der Waals surface area contributed by atoms with Crippen molar-refractivity contribution in [2.45, 2.75) is 19.6 Å². The van der Waals surface area contributed by atoms with Crippen LogP contribution in [0.3, 0.4) is 0 Å². The molecule has 3 N–H and O–H groups in total. The maximum Gasteiger partial charge on any atom is 0.323 e. The Morgan fingerprint density at radius 3 is 2.76 bits per heavy atom. The zero-order valence-corrected chi connectivity index (χ0v) is 13.8. The molecule has 0 saturated carbocycles. The number of carbonyl (C=O) groups excluding carboxylic acids is 1. The van der Waals surface area contributed by atoms with E-state index >= 15 is 0 Å². The number of carboxylic acid groups (broad SMARTS) is 1. The van der Waals surface area contributed by atoms with Crippen LogP contribution in [0.25, 0.3) is 0 Å². The van der Waals surface area contributed by atoms with E-state index in [1.165, 1.54) is 4.90 Å². The number of nitrogens with zero attached hydrogens (tertiary/aromatic N) is 1. The number of ether oxygens (including phenoxy) is 1. The molecule has 0 atom stereocenters. The van der Waals surface area contributed by atoms with Crippen LogP contribution in [0.2, 0.25) is 0 Å². The molecule has 6 nitrogen and oxygen atoms in total. The number of nitrogens with two attached hydrogens (primary N) is 1. The number of carbonyl (C=O) groups is 2. The molecule has 2 aromatic carbocycles. The molecule has 0 bridgehead atoms. The predicted molar refractivity (Wildman–Crippen MR) is 92.4 cm³/mol. The second kappa shape index (κ2) is 7.36. The van der Waals surface area contributed by atoms with Gasteiger partial charge in [-0.15, -0.1) is 0 Å². The first-order chi connectivity index (χ1) is 12.1. The summed E-state index contributed by atoms with van der Waals surface area (Å²) in [6, 6.07) is 13.2. The van der Waals surface area contributed by atoms with Gasteiger partial charge in [0.15, 0.2) is 0 Å². The molecule has 1 heterocycles.